The van der Waals surface area contributed by atoms with Gasteiger partial charge in [0, 0.05) is 25.7 Å². The van der Waals surface area contributed by atoms with Crippen LogP contribution in [0.15, 0.2) is 24.3 Å². The summed E-state index contributed by atoms with van der Waals surface area (Å²) in [5.74, 6) is 0. The second-order valence-corrected chi connectivity index (χ2v) is 7.17. The molecule has 0 aliphatic carbocycles. The molecule has 0 radical (unpaired) electrons. The maximum absolute atomic E-state index is 10.5. The summed E-state index contributed by atoms with van der Waals surface area (Å²) >= 11 is 0. The van der Waals surface area contributed by atoms with Crippen LogP contribution in [0.5, 0.6) is 0 Å². The number of nitrogens with zero attached hydrogens (tertiary/aromatic N) is 4. The average molecular weight is 326 g/mol. The Labute approximate surface area is 143 Å². The maximum Gasteiger partial charge on any atom is 0.0890 e. The van der Waals surface area contributed by atoms with E-state index in [0.29, 0.717) is 0 Å². The molecule has 2 fully saturated rings. The highest BCUT2D eigenvalue weighted by Crippen LogP contribution is 2.23. The van der Waals surface area contributed by atoms with E-state index in [1.807, 2.05) is 31.2 Å². The molecule has 5 nitrogen and oxygen atoms in total. The van der Waals surface area contributed by atoms with Gasteiger partial charge in [0.15, 0.2) is 0 Å². The number of aryl methyl sites for hydroxylation is 1. The monoisotopic (exact) mass is 326 g/mol. The molecule has 0 saturated carbocycles. The Kier molecular flexibility index (Phi) is 4.48. The number of aromatic nitrogens is 2. The zero-order valence-electron chi connectivity index (χ0n) is 14.4. The summed E-state index contributed by atoms with van der Waals surface area (Å²) in [5, 5.41) is 10.5. The van der Waals surface area contributed by atoms with E-state index in [1.54, 1.807) is 0 Å². The SMILES string of the molecule is Cc1nc2ccccc2nc1CN1C[C@H](O)[C@@H](N2CCCCC2)C1. The molecule has 0 spiro atoms. The van der Waals surface area contributed by atoms with Gasteiger partial charge in [-0.2, -0.15) is 0 Å². The molecule has 3 heterocycles. The van der Waals surface area contributed by atoms with Gasteiger partial charge in [0.05, 0.1) is 28.5 Å². The second kappa shape index (κ2) is 6.75. The third-order valence-electron chi connectivity index (χ3n) is 5.41. The minimum Gasteiger partial charge on any atom is -0.390 e. The Hall–Kier alpha value is -1.56. The van der Waals surface area contributed by atoms with E-state index in [0.717, 1.165) is 55.1 Å². The van der Waals surface area contributed by atoms with Crippen molar-refractivity contribution in [3.8, 4) is 0 Å². The van der Waals surface area contributed by atoms with Gasteiger partial charge in [-0.25, -0.2) is 9.97 Å². The molecule has 0 unspecified atom stereocenters. The lowest BCUT2D eigenvalue weighted by Gasteiger charge is -2.33. The molecule has 1 N–H and O–H groups in total. The zero-order chi connectivity index (χ0) is 16.5. The second-order valence-electron chi connectivity index (χ2n) is 7.17. The fourth-order valence-electron chi connectivity index (χ4n) is 4.07. The molecule has 0 amide bonds. The van der Waals surface area contributed by atoms with Crippen molar-refractivity contribution < 1.29 is 5.11 Å². The predicted octanol–water partition coefficient (Wildman–Crippen LogP) is 1.97. The molecular weight excluding hydrogens is 300 g/mol. The Balaban J connectivity index is 1.48. The lowest BCUT2D eigenvalue weighted by atomic mass is 10.1. The van der Waals surface area contributed by atoms with Crippen LogP contribution in [0.1, 0.15) is 30.7 Å². The van der Waals surface area contributed by atoms with Crippen molar-refractivity contribution in [2.45, 2.75) is 44.9 Å². The van der Waals surface area contributed by atoms with Crippen LogP contribution in [-0.4, -0.2) is 63.2 Å². The topological polar surface area (TPSA) is 52.5 Å². The molecule has 2 aromatic rings. The minimum absolute atomic E-state index is 0.253. The van der Waals surface area contributed by atoms with Crippen molar-refractivity contribution in [3.05, 3.63) is 35.7 Å². The maximum atomic E-state index is 10.5. The van der Waals surface area contributed by atoms with E-state index >= 15 is 0 Å². The van der Waals surface area contributed by atoms with Crippen LogP contribution in [0.2, 0.25) is 0 Å². The van der Waals surface area contributed by atoms with Crippen LogP contribution in [0.4, 0.5) is 0 Å². The van der Waals surface area contributed by atoms with Crippen molar-refractivity contribution in [2.24, 2.45) is 0 Å². The first-order valence-corrected chi connectivity index (χ1v) is 9.07. The summed E-state index contributed by atoms with van der Waals surface area (Å²) in [4.78, 5) is 14.3. The van der Waals surface area contributed by atoms with Crippen LogP contribution >= 0.6 is 0 Å². The average Bonchev–Trinajstić information content (AvgIpc) is 2.97. The van der Waals surface area contributed by atoms with Crippen molar-refractivity contribution in [1.82, 2.24) is 19.8 Å². The fraction of sp³-hybridized carbons (Fsp3) is 0.579. The predicted molar refractivity (Wildman–Crippen MR) is 94.8 cm³/mol. The highest BCUT2D eigenvalue weighted by Gasteiger charge is 2.36. The number of piperidine rings is 1. The van der Waals surface area contributed by atoms with Crippen LogP contribution in [0.3, 0.4) is 0 Å². The molecule has 0 bridgehead atoms. The summed E-state index contributed by atoms with van der Waals surface area (Å²) in [6.45, 7) is 6.72. The van der Waals surface area contributed by atoms with Crippen LogP contribution in [-0.2, 0) is 6.54 Å². The lowest BCUT2D eigenvalue weighted by molar-refractivity contribution is 0.0706. The minimum atomic E-state index is -0.253. The first-order chi connectivity index (χ1) is 11.7. The van der Waals surface area contributed by atoms with Gasteiger partial charge in [-0.1, -0.05) is 18.6 Å². The highest BCUT2D eigenvalue weighted by molar-refractivity contribution is 5.74. The summed E-state index contributed by atoms with van der Waals surface area (Å²) in [6, 6.07) is 8.29. The largest absolute Gasteiger partial charge is 0.390 e. The van der Waals surface area contributed by atoms with Gasteiger partial charge in [-0.3, -0.25) is 9.80 Å². The molecule has 2 aliphatic heterocycles. The smallest absolute Gasteiger partial charge is 0.0890 e. The number of benzene rings is 1. The number of likely N-dealkylation sites (tertiary alicyclic amines) is 2. The van der Waals surface area contributed by atoms with Crippen molar-refractivity contribution in [3.63, 3.8) is 0 Å². The summed E-state index contributed by atoms with van der Waals surface area (Å²) in [5.41, 5.74) is 3.92. The third kappa shape index (κ3) is 3.16. The molecule has 128 valence electrons. The summed E-state index contributed by atoms with van der Waals surface area (Å²) in [6.07, 6.45) is 3.60. The van der Waals surface area contributed by atoms with Crippen LogP contribution in [0.25, 0.3) is 11.0 Å². The summed E-state index contributed by atoms with van der Waals surface area (Å²) < 4.78 is 0. The summed E-state index contributed by atoms with van der Waals surface area (Å²) in [7, 11) is 0. The standard InChI is InChI=1S/C19H26N4O/c1-14-17(21-16-8-4-3-7-15(16)20-14)11-22-12-18(19(24)13-22)23-9-5-2-6-10-23/h3-4,7-8,18-19,24H,2,5-6,9-13H2,1H3/t18-,19-/m0/s1. The Morgan fingerprint density at radius 1 is 1.04 bits per heavy atom. The quantitative estimate of drug-likeness (QED) is 0.934. The van der Waals surface area contributed by atoms with E-state index in [4.69, 9.17) is 4.98 Å². The van der Waals surface area contributed by atoms with Crippen molar-refractivity contribution >= 4 is 11.0 Å². The number of hydrogen-bond acceptors (Lipinski definition) is 5. The van der Waals surface area contributed by atoms with Gasteiger partial charge in [0.25, 0.3) is 0 Å². The number of β-amino-alcohol motifs (C(OH)–C–C–N with tert-alkyl or cyclic N) is 1. The normalized spacial score (nSPS) is 26.2. The highest BCUT2D eigenvalue weighted by atomic mass is 16.3. The van der Waals surface area contributed by atoms with Crippen LogP contribution in [0, 0.1) is 6.92 Å². The fourth-order valence-corrected chi connectivity index (χ4v) is 4.07. The van der Waals surface area contributed by atoms with Gasteiger partial charge in [0.2, 0.25) is 0 Å². The Morgan fingerprint density at radius 3 is 2.50 bits per heavy atom. The Morgan fingerprint density at radius 2 is 1.75 bits per heavy atom. The molecule has 1 aromatic heterocycles. The van der Waals surface area contributed by atoms with Crippen molar-refractivity contribution in [2.75, 3.05) is 26.2 Å². The van der Waals surface area contributed by atoms with Crippen molar-refractivity contribution in [1.29, 1.82) is 0 Å². The number of fused-ring (bicyclic) bond motifs is 1. The number of aliphatic hydroxyl groups excluding tert-OH is 1. The van der Waals surface area contributed by atoms with Gasteiger partial charge < -0.3 is 5.11 Å². The van der Waals surface area contributed by atoms with E-state index < -0.39 is 0 Å². The first kappa shape index (κ1) is 15.9. The zero-order valence-corrected chi connectivity index (χ0v) is 14.4. The molecule has 24 heavy (non-hydrogen) atoms. The van der Waals surface area contributed by atoms with Gasteiger partial charge in [-0.05, 0) is 45.0 Å². The molecule has 2 atom stereocenters. The van der Waals surface area contributed by atoms with Gasteiger partial charge in [-0.15, -0.1) is 0 Å². The third-order valence-corrected chi connectivity index (χ3v) is 5.41. The van der Waals surface area contributed by atoms with E-state index in [-0.39, 0.29) is 12.1 Å². The number of hydrogen-bond donors (Lipinski definition) is 1. The van der Waals surface area contributed by atoms with Gasteiger partial charge in [0.1, 0.15) is 0 Å². The number of aliphatic hydroxyl groups is 1. The number of rotatable bonds is 3. The molecule has 5 heteroatoms. The molecular formula is C19H26N4O. The lowest BCUT2D eigenvalue weighted by Crippen LogP contribution is -2.45. The molecule has 4 rings (SSSR count). The number of para-hydroxylation sites is 2. The molecule has 1 aromatic carbocycles. The van der Waals surface area contributed by atoms with Gasteiger partial charge >= 0.3 is 0 Å². The van der Waals surface area contributed by atoms with Crippen LogP contribution < -0.4 is 0 Å². The van der Waals surface area contributed by atoms with E-state index in [1.165, 1.54) is 19.3 Å². The molecule has 2 saturated heterocycles. The van der Waals surface area contributed by atoms with E-state index in [2.05, 4.69) is 14.8 Å². The Bertz CT molecular complexity index is 714. The molecule has 2 aliphatic rings. The van der Waals surface area contributed by atoms with E-state index in [9.17, 15) is 5.11 Å². The first-order valence-electron chi connectivity index (χ1n) is 9.07.